The van der Waals surface area contributed by atoms with Crippen LogP contribution in [0.5, 0.6) is 5.75 Å². The number of nitriles is 1. The first-order chi connectivity index (χ1) is 26.1. The molecule has 7 nitrogen and oxygen atoms in total. The maximum atomic E-state index is 10.2. The first-order valence-corrected chi connectivity index (χ1v) is 19.4. The van der Waals surface area contributed by atoms with Crippen molar-refractivity contribution in [2.75, 3.05) is 11.4 Å². The summed E-state index contributed by atoms with van der Waals surface area (Å²) in [6.07, 6.45) is 12.2. The van der Waals surface area contributed by atoms with Crippen molar-refractivity contribution in [3.8, 4) is 11.8 Å². The Morgan fingerprint density at radius 2 is 1.60 bits per heavy atom. The van der Waals surface area contributed by atoms with Gasteiger partial charge in [0.25, 0.3) is 0 Å². The molecule has 3 aliphatic rings. The number of ether oxygens (including phenoxy) is 2. The summed E-state index contributed by atoms with van der Waals surface area (Å²) >= 11 is 0. The zero-order valence-corrected chi connectivity index (χ0v) is 33.6. The van der Waals surface area contributed by atoms with E-state index in [4.69, 9.17) is 26.7 Å². The highest BCUT2D eigenvalue weighted by Gasteiger charge is 2.41. The Hall–Kier alpha value is -5.45. The normalized spacial score (nSPS) is 20.7. The highest BCUT2D eigenvalue weighted by Crippen LogP contribution is 2.49. The van der Waals surface area contributed by atoms with Gasteiger partial charge in [-0.25, -0.2) is 0 Å². The lowest BCUT2D eigenvalue weighted by Gasteiger charge is -2.36. The van der Waals surface area contributed by atoms with Gasteiger partial charge >= 0.3 is 0 Å². The van der Waals surface area contributed by atoms with Gasteiger partial charge in [0.15, 0.2) is 5.76 Å². The number of allylic oxidation sites excluding steroid dienone is 7. The molecule has 0 spiro atoms. The van der Waals surface area contributed by atoms with E-state index in [0.717, 1.165) is 60.5 Å². The van der Waals surface area contributed by atoms with Crippen LogP contribution >= 0.6 is 0 Å². The Kier molecular flexibility index (Phi) is 11.2. The van der Waals surface area contributed by atoms with Gasteiger partial charge in [0.2, 0.25) is 0 Å². The fraction of sp³-hybridized carbons (Fsp3) is 0.354. The Bertz CT molecular complexity index is 2130. The largest absolute Gasteiger partial charge is 0.478 e. The summed E-state index contributed by atoms with van der Waals surface area (Å²) in [7, 11) is 0. The monoisotopic (exact) mass is 735 g/mol. The third-order valence-electron chi connectivity index (χ3n) is 11.3. The summed E-state index contributed by atoms with van der Waals surface area (Å²) in [6.45, 7) is 16.8. The topological polar surface area (TPSA) is 124 Å². The van der Waals surface area contributed by atoms with Crippen molar-refractivity contribution < 1.29 is 9.47 Å². The molecule has 1 aliphatic carbocycles. The van der Waals surface area contributed by atoms with E-state index < -0.39 is 5.60 Å². The molecule has 3 aromatic carbocycles. The molecule has 0 saturated heterocycles. The van der Waals surface area contributed by atoms with Crippen molar-refractivity contribution in [3.05, 3.63) is 165 Å². The summed E-state index contributed by atoms with van der Waals surface area (Å²) < 4.78 is 13.1. The van der Waals surface area contributed by atoms with Crippen LogP contribution in [-0.4, -0.2) is 12.1 Å². The fourth-order valence-corrected chi connectivity index (χ4v) is 8.00. The minimum Gasteiger partial charge on any atom is -0.478 e. The third kappa shape index (κ3) is 8.30. The molecule has 7 heteroatoms. The number of anilines is 1. The zero-order chi connectivity index (χ0) is 39.5. The zero-order valence-electron chi connectivity index (χ0n) is 33.6. The van der Waals surface area contributed by atoms with Crippen molar-refractivity contribution in [2.24, 2.45) is 28.5 Å². The molecule has 0 amide bonds. The number of hydrogen-bond acceptors (Lipinski definition) is 7. The third-order valence-corrected chi connectivity index (χ3v) is 11.3. The predicted molar refractivity (Wildman–Crippen MR) is 224 cm³/mol. The van der Waals surface area contributed by atoms with Gasteiger partial charge in [0, 0.05) is 28.9 Å². The van der Waals surface area contributed by atoms with Gasteiger partial charge in [-0.15, -0.1) is 0 Å². The molecule has 0 bridgehead atoms. The Morgan fingerprint density at radius 3 is 2.25 bits per heavy atom. The minimum atomic E-state index is -0.797. The molecular formula is C48H57N5O2. The highest BCUT2D eigenvalue weighted by atomic mass is 16.5. The summed E-state index contributed by atoms with van der Waals surface area (Å²) in [6, 6.07) is 30.1. The maximum absolute atomic E-state index is 10.2. The average Bonchev–Trinajstić information content (AvgIpc) is 3.54. The molecule has 0 radical (unpaired) electrons. The van der Waals surface area contributed by atoms with Gasteiger partial charge in [-0.1, -0.05) is 114 Å². The second-order valence-electron chi connectivity index (χ2n) is 17.1. The van der Waals surface area contributed by atoms with E-state index in [9.17, 15) is 5.26 Å². The van der Waals surface area contributed by atoms with E-state index in [2.05, 4.69) is 143 Å². The number of nitrogens with two attached hydrogens (primary N) is 3. The van der Waals surface area contributed by atoms with Crippen molar-refractivity contribution in [2.45, 2.75) is 91.7 Å². The number of fused-ring (bicyclic) bond motifs is 1. The molecule has 2 aliphatic heterocycles. The van der Waals surface area contributed by atoms with Crippen LogP contribution in [0.25, 0.3) is 0 Å². The van der Waals surface area contributed by atoms with Crippen LogP contribution in [-0.2, 0) is 23.1 Å². The van der Waals surface area contributed by atoms with Crippen LogP contribution in [0, 0.1) is 22.7 Å². The summed E-state index contributed by atoms with van der Waals surface area (Å²) in [5.41, 5.74) is 26.2. The molecule has 2 heterocycles. The number of para-hydroxylation sites is 1. The van der Waals surface area contributed by atoms with Gasteiger partial charge in [0.05, 0.1) is 0 Å². The van der Waals surface area contributed by atoms with Crippen molar-refractivity contribution >= 4 is 5.69 Å². The van der Waals surface area contributed by atoms with Crippen LogP contribution in [0.15, 0.2) is 148 Å². The molecule has 3 aromatic rings. The van der Waals surface area contributed by atoms with E-state index in [1.54, 1.807) is 0 Å². The lowest BCUT2D eigenvalue weighted by molar-refractivity contribution is 0.0938. The molecule has 0 fully saturated rings. The summed E-state index contributed by atoms with van der Waals surface area (Å²) in [5.74, 6) is 2.15. The van der Waals surface area contributed by atoms with E-state index in [0.29, 0.717) is 18.0 Å². The molecule has 55 heavy (non-hydrogen) atoms. The number of benzene rings is 3. The molecule has 0 saturated carbocycles. The van der Waals surface area contributed by atoms with Gasteiger partial charge < -0.3 is 31.6 Å². The molecular weight excluding hydrogens is 679 g/mol. The molecule has 6 rings (SSSR count). The highest BCUT2D eigenvalue weighted by molar-refractivity contribution is 5.71. The number of nitrogens with zero attached hydrogens (tertiary/aromatic N) is 2. The second kappa shape index (κ2) is 15.7. The SMILES string of the molecule is CC1(C)OC(=C(N)N)C(C#N)=C1/C=C/C1=C(Oc2ccc(CCCN)cc2)C(=C/C=C2/N(Cc3ccccc3)c3ccccc3C2(C)C)/CC(C(C)(C)C)C1. The van der Waals surface area contributed by atoms with Crippen molar-refractivity contribution in [3.63, 3.8) is 0 Å². The minimum absolute atomic E-state index is 0.00631. The lowest BCUT2D eigenvalue weighted by Crippen LogP contribution is -2.27. The summed E-state index contributed by atoms with van der Waals surface area (Å²) in [5, 5.41) is 10.2. The quantitative estimate of drug-likeness (QED) is 0.189. The van der Waals surface area contributed by atoms with Crippen molar-refractivity contribution in [1.29, 1.82) is 5.26 Å². The van der Waals surface area contributed by atoms with Gasteiger partial charge in [-0.2, -0.15) is 5.26 Å². The second-order valence-corrected chi connectivity index (χ2v) is 17.1. The first-order valence-electron chi connectivity index (χ1n) is 19.4. The predicted octanol–water partition coefficient (Wildman–Crippen LogP) is 9.75. The molecule has 1 unspecified atom stereocenters. The number of aryl methyl sites for hydroxylation is 1. The van der Waals surface area contributed by atoms with Crippen LogP contribution in [0.4, 0.5) is 5.69 Å². The van der Waals surface area contributed by atoms with Crippen LogP contribution in [0.2, 0.25) is 0 Å². The van der Waals surface area contributed by atoms with Gasteiger partial charge in [-0.05, 0) is 110 Å². The smallest absolute Gasteiger partial charge is 0.178 e. The molecule has 6 N–H and O–H groups in total. The van der Waals surface area contributed by atoms with Crippen LogP contribution in [0.1, 0.15) is 84.4 Å². The van der Waals surface area contributed by atoms with E-state index in [1.165, 1.54) is 28.1 Å². The summed E-state index contributed by atoms with van der Waals surface area (Å²) in [4.78, 5) is 2.46. The maximum Gasteiger partial charge on any atom is 0.178 e. The van der Waals surface area contributed by atoms with Crippen LogP contribution < -0.4 is 26.8 Å². The number of hydrogen-bond donors (Lipinski definition) is 3. The Morgan fingerprint density at radius 1 is 0.909 bits per heavy atom. The van der Waals surface area contributed by atoms with E-state index >= 15 is 0 Å². The lowest BCUT2D eigenvalue weighted by atomic mass is 9.70. The molecule has 286 valence electrons. The standard InChI is InChI=1S/C48H57N5O2/c1-46(2,3)36-28-34(21-25-39-38(30-50)44(45(51)52)55-48(39,6)7)43(54-37-23-19-32(20-24-37)16-13-27-49)35(29-36)22-26-42-47(4,5)40-17-11-12-18-41(40)53(42)31-33-14-9-8-10-15-33/h8-12,14-15,17-26,36H,13,16,27-29,31,49,51-52H2,1-7H3/b25-21+,35-22+,42-26+. The average molecular weight is 736 g/mol. The first kappa shape index (κ1) is 39.2. The fourth-order valence-electron chi connectivity index (χ4n) is 8.00. The Balaban J connectivity index is 1.52. The Labute approximate surface area is 328 Å². The number of rotatable bonds is 10. The van der Waals surface area contributed by atoms with Crippen LogP contribution in [0.3, 0.4) is 0 Å². The molecule has 0 aromatic heterocycles. The molecule has 1 atom stereocenters. The van der Waals surface area contributed by atoms with Gasteiger partial charge in [-0.3, -0.25) is 0 Å². The van der Waals surface area contributed by atoms with E-state index in [1.807, 2.05) is 19.9 Å². The van der Waals surface area contributed by atoms with Gasteiger partial charge in [0.1, 0.15) is 34.6 Å². The van der Waals surface area contributed by atoms with E-state index in [-0.39, 0.29) is 22.4 Å². The van der Waals surface area contributed by atoms with Crippen molar-refractivity contribution in [1.82, 2.24) is 0 Å².